The second-order valence-corrected chi connectivity index (χ2v) is 9.36. The van der Waals surface area contributed by atoms with E-state index in [1.807, 2.05) is 125 Å². The number of benzene rings is 4. The van der Waals surface area contributed by atoms with Crippen molar-refractivity contribution in [3.05, 3.63) is 138 Å². The average molecular weight is 459 g/mol. The zero-order valence-electron chi connectivity index (χ0n) is 19.4. The zero-order chi connectivity index (χ0) is 23.8. The molecule has 0 saturated carbocycles. The van der Waals surface area contributed by atoms with E-state index in [2.05, 4.69) is 0 Å². The minimum atomic E-state index is -0.960. The molecule has 0 bridgehead atoms. The molecule has 0 aromatic heterocycles. The normalized spacial score (nSPS) is 21.1. The molecule has 0 aliphatic carbocycles. The SMILES string of the molecule is O=C1C[C@]2(C(=O)N(Cc3ccccc3)c3ccccc32)[C@H](c2ccccc2)N1Cc1ccccc1. The van der Waals surface area contributed by atoms with Crippen LogP contribution in [0.25, 0.3) is 0 Å². The fourth-order valence-corrected chi connectivity index (χ4v) is 5.82. The molecule has 2 heterocycles. The number of anilines is 1. The Morgan fingerprint density at radius 3 is 1.86 bits per heavy atom. The van der Waals surface area contributed by atoms with Crippen LogP contribution < -0.4 is 4.90 Å². The number of amides is 2. The standard InChI is InChI=1S/C31H26N2O2/c34-28-20-31(29(25-16-8-3-9-17-25)33(28)22-24-14-6-2-7-15-24)26-18-10-11-19-27(26)32(30(31)35)21-23-12-4-1-5-13-23/h1-19,29H,20-22H2/t29-,31+/m0/s1. The van der Waals surface area contributed by atoms with Crippen LogP contribution in [0.1, 0.15) is 34.7 Å². The smallest absolute Gasteiger partial charge is 0.241 e. The molecule has 1 spiro atoms. The third-order valence-corrected chi connectivity index (χ3v) is 7.33. The molecule has 4 heteroatoms. The lowest BCUT2D eigenvalue weighted by atomic mass is 9.72. The Kier molecular flexibility index (Phi) is 5.22. The lowest BCUT2D eigenvalue weighted by Gasteiger charge is -2.35. The Morgan fingerprint density at radius 1 is 0.657 bits per heavy atom. The lowest BCUT2D eigenvalue weighted by Crippen LogP contribution is -2.44. The third kappa shape index (κ3) is 3.45. The maximum atomic E-state index is 14.5. The molecule has 1 saturated heterocycles. The van der Waals surface area contributed by atoms with Crippen LogP contribution in [0.5, 0.6) is 0 Å². The first kappa shape index (κ1) is 21.4. The fraction of sp³-hybridized carbons (Fsp3) is 0.161. The average Bonchev–Trinajstić information content (AvgIpc) is 3.32. The molecule has 2 atom stereocenters. The van der Waals surface area contributed by atoms with Crippen LogP contribution in [0, 0.1) is 0 Å². The van der Waals surface area contributed by atoms with Crippen molar-refractivity contribution in [2.75, 3.05) is 4.90 Å². The van der Waals surface area contributed by atoms with E-state index < -0.39 is 5.41 Å². The van der Waals surface area contributed by atoms with E-state index in [-0.39, 0.29) is 24.3 Å². The molecule has 4 aromatic carbocycles. The highest BCUT2D eigenvalue weighted by Crippen LogP contribution is 2.57. The quantitative estimate of drug-likeness (QED) is 0.388. The van der Waals surface area contributed by atoms with Gasteiger partial charge in [0.1, 0.15) is 5.41 Å². The van der Waals surface area contributed by atoms with Crippen molar-refractivity contribution in [2.45, 2.75) is 31.0 Å². The van der Waals surface area contributed by atoms with Crippen molar-refractivity contribution in [3.63, 3.8) is 0 Å². The largest absolute Gasteiger partial charge is 0.330 e. The van der Waals surface area contributed by atoms with E-state index in [4.69, 9.17) is 0 Å². The summed E-state index contributed by atoms with van der Waals surface area (Å²) in [6.07, 6.45) is 0.167. The van der Waals surface area contributed by atoms with E-state index in [1.54, 1.807) is 0 Å². The number of carbonyl (C=O) groups excluding carboxylic acids is 2. The van der Waals surface area contributed by atoms with Gasteiger partial charge < -0.3 is 9.80 Å². The summed E-state index contributed by atoms with van der Waals surface area (Å²) in [7, 11) is 0. The monoisotopic (exact) mass is 458 g/mol. The Labute approximate surface area is 205 Å². The number of likely N-dealkylation sites (tertiary alicyclic amines) is 1. The molecule has 2 aliphatic rings. The summed E-state index contributed by atoms with van der Waals surface area (Å²) >= 11 is 0. The highest BCUT2D eigenvalue weighted by molar-refractivity contribution is 6.12. The number of hydrogen-bond acceptors (Lipinski definition) is 2. The van der Waals surface area contributed by atoms with Gasteiger partial charge in [-0.05, 0) is 28.3 Å². The van der Waals surface area contributed by atoms with Crippen LogP contribution in [0.2, 0.25) is 0 Å². The molecular weight excluding hydrogens is 432 g/mol. The van der Waals surface area contributed by atoms with Crippen molar-refractivity contribution >= 4 is 17.5 Å². The van der Waals surface area contributed by atoms with Crippen LogP contribution in [-0.2, 0) is 28.1 Å². The van der Waals surface area contributed by atoms with Crippen LogP contribution in [0.4, 0.5) is 5.69 Å². The molecule has 1 fully saturated rings. The first-order chi connectivity index (χ1) is 17.2. The fourth-order valence-electron chi connectivity index (χ4n) is 5.82. The van der Waals surface area contributed by atoms with Gasteiger partial charge in [0, 0.05) is 18.7 Å². The molecule has 0 radical (unpaired) electrons. The number of rotatable bonds is 5. The number of carbonyl (C=O) groups is 2. The Hall–Kier alpha value is -4.18. The van der Waals surface area contributed by atoms with Crippen molar-refractivity contribution in [3.8, 4) is 0 Å². The highest BCUT2D eigenvalue weighted by atomic mass is 16.2. The Balaban J connectivity index is 1.50. The van der Waals surface area contributed by atoms with Gasteiger partial charge in [-0.15, -0.1) is 0 Å². The molecule has 0 N–H and O–H groups in total. The van der Waals surface area contributed by atoms with Crippen molar-refractivity contribution in [2.24, 2.45) is 0 Å². The molecule has 172 valence electrons. The van der Waals surface area contributed by atoms with Gasteiger partial charge in [-0.3, -0.25) is 9.59 Å². The summed E-state index contributed by atoms with van der Waals surface area (Å²) in [6, 6.07) is 37.7. The summed E-state index contributed by atoms with van der Waals surface area (Å²) in [5.41, 5.74) is 3.99. The summed E-state index contributed by atoms with van der Waals surface area (Å²) in [6.45, 7) is 0.946. The number of hydrogen-bond donors (Lipinski definition) is 0. The van der Waals surface area contributed by atoms with E-state index >= 15 is 0 Å². The van der Waals surface area contributed by atoms with Crippen LogP contribution >= 0.6 is 0 Å². The summed E-state index contributed by atoms with van der Waals surface area (Å²) < 4.78 is 0. The van der Waals surface area contributed by atoms with Gasteiger partial charge in [0.05, 0.1) is 12.6 Å². The van der Waals surface area contributed by atoms with Gasteiger partial charge in [0.15, 0.2) is 0 Å². The highest BCUT2D eigenvalue weighted by Gasteiger charge is 2.63. The van der Waals surface area contributed by atoms with Crippen molar-refractivity contribution in [1.82, 2.24) is 4.90 Å². The molecule has 0 unspecified atom stereocenters. The maximum absolute atomic E-state index is 14.5. The predicted octanol–water partition coefficient (Wildman–Crippen LogP) is 5.65. The summed E-state index contributed by atoms with van der Waals surface area (Å²) in [5.74, 6) is 0.00716. The molecule has 35 heavy (non-hydrogen) atoms. The van der Waals surface area contributed by atoms with Gasteiger partial charge in [-0.25, -0.2) is 0 Å². The number of para-hydroxylation sites is 1. The zero-order valence-corrected chi connectivity index (χ0v) is 19.4. The van der Waals surface area contributed by atoms with Gasteiger partial charge in [0.25, 0.3) is 0 Å². The molecule has 2 amide bonds. The van der Waals surface area contributed by atoms with E-state index in [1.165, 1.54) is 0 Å². The molecule has 4 aromatic rings. The van der Waals surface area contributed by atoms with Gasteiger partial charge in [-0.2, -0.15) is 0 Å². The first-order valence-corrected chi connectivity index (χ1v) is 12.0. The molecule has 4 nitrogen and oxygen atoms in total. The van der Waals surface area contributed by atoms with Crippen LogP contribution in [0.15, 0.2) is 115 Å². The van der Waals surface area contributed by atoms with Crippen LogP contribution in [0.3, 0.4) is 0 Å². The van der Waals surface area contributed by atoms with E-state index in [0.717, 1.165) is 27.9 Å². The third-order valence-electron chi connectivity index (χ3n) is 7.33. The van der Waals surface area contributed by atoms with E-state index in [9.17, 15) is 9.59 Å². The second-order valence-electron chi connectivity index (χ2n) is 9.36. The van der Waals surface area contributed by atoms with Gasteiger partial charge >= 0.3 is 0 Å². The maximum Gasteiger partial charge on any atom is 0.241 e. The Morgan fingerprint density at radius 2 is 1.20 bits per heavy atom. The summed E-state index contributed by atoms with van der Waals surface area (Å²) in [4.78, 5) is 31.9. The first-order valence-electron chi connectivity index (χ1n) is 12.0. The number of nitrogens with zero attached hydrogens (tertiary/aromatic N) is 2. The predicted molar refractivity (Wildman–Crippen MR) is 137 cm³/mol. The summed E-state index contributed by atoms with van der Waals surface area (Å²) in [5, 5.41) is 0. The van der Waals surface area contributed by atoms with E-state index in [0.29, 0.717) is 13.1 Å². The van der Waals surface area contributed by atoms with Gasteiger partial charge in [0.2, 0.25) is 11.8 Å². The molecular formula is C31H26N2O2. The second kappa shape index (κ2) is 8.55. The van der Waals surface area contributed by atoms with Crippen LogP contribution in [-0.4, -0.2) is 16.7 Å². The minimum Gasteiger partial charge on any atom is -0.330 e. The molecule has 2 aliphatic heterocycles. The topological polar surface area (TPSA) is 40.6 Å². The minimum absolute atomic E-state index is 0.000294. The van der Waals surface area contributed by atoms with Crippen molar-refractivity contribution < 1.29 is 9.59 Å². The van der Waals surface area contributed by atoms with Crippen molar-refractivity contribution in [1.29, 1.82) is 0 Å². The lowest BCUT2D eigenvalue weighted by molar-refractivity contribution is -0.129. The Bertz CT molecular complexity index is 1370. The van der Waals surface area contributed by atoms with Gasteiger partial charge in [-0.1, -0.05) is 109 Å². The molecule has 6 rings (SSSR count). The number of fused-ring (bicyclic) bond motifs is 2.